The van der Waals surface area contributed by atoms with Crippen LogP contribution in [0.3, 0.4) is 0 Å². The van der Waals surface area contributed by atoms with Gasteiger partial charge in [0.05, 0.1) is 18.9 Å². The van der Waals surface area contributed by atoms with Crippen molar-refractivity contribution in [2.24, 2.45) is 0 Å². The highest BCUT2D eigenvalue weighted by Crippen LogP contribution is 2.21. The first-order valence-corrected chi connectivity index (χ1v) is 7.51. The molecular weight excluding hydrogens is 348 g/mol. The Morgan fingerprint density at radius 2 is 1.91 bits per heavy atom. The number of aliphatic hydroxyl groups is 1. The summed E-state index contributed by atoms with van der Waals surface area (Å²) in [6.45, 7) is 0.114. The summed E-state index contributed by atoms with van der Waals surface area (Å²) in [5.41, 5.74) is 1.38. The third-order valence-corrected chi connectivity index (χ3v) is 3.77. The summed E-state index contributed by atoms with van der Waals surface area (Å²) in [5, 5.41) is 15.4. The minimum absolute atomic E-state index is 0.114. The summed E-state index contributed by atoms with van der Waals surface area (Å²) in [5.74, 6) is 0.718. The van der Waals surface area contributed by atoms with Crippen molar-refractivity contribution in [2.45, 2.75) is 6.10 Å². The molecular formula is C16H17BrN2O3. The summed E-state index contributed by atoms with van der Waals surface area (Å²) in [6, 6.07) is 14.0. The van der Waals surface area contributed by atoms with Crippen LogP contribution < -0.4 is 15.4 Å². The molecule has 1 unspecified atom stereocenters. The van der Waals surface area contributed by atoms with Crippen molar-refractivity contribution in [2.75, 3.05) is 19.0 Å². The van der Waals surface area contributed by atoms with E-state index in [1.807, 2.05) is 18.2 Å². The van der Waals surface area contributed by atoms with Gasteiger partial charge in [0.2, 0.25) is 0 Å². The molecule has 1 atom stereocenters. The topological polar surface area (TPSA) is 70.6 Å². The van der Waals surface area contributed by atoms with Gasteiger partial charge in [0.1, 0.15) is 5.75 Å². The second-order valence-corrected chi connectivity index (χ2v) is 5.46. The number of carbonyl (C=O) groups excluding carboxylic acids is 1. The van der Waals surface area contributed by atoms with Crippen LogP contribution in [0, 0.1) is 0 Å². The smallest absolute Gasteiger partial charge is 0.319 e. The first-order chi connectivity index (χ1) is 10.6. The normalized spacial score (nSPS) is 11.6. The molecule has 0 spiro atoms. The predicted octanol–water partition coefficient (Wildman–Crippen LogP) is 3.31. The second kappa shape index (κ2) is 7.82. The molecule has 0 bridgehead atoms. The maximum atomic E-state index is 11.8. The van der Waals surface area contributed by atoms with Crippen LogP contribution in [-0.2, 0) is 0 Å². The van der Waals surface area contributed by atoms with E-state index >= 15 is 0 Å². The highest BCUT2D eigenvalue weighted by molar-refractivity contribution is 9.10. The van der Waals surface area contributed by atoms with Crippen LogP contribution in [0.1, 0.15) is 11.7 Å². The maximum Gasteiger partial charge on any atom is 0.319 e. The number of halogens is 1. The van der Waals surface area contributed by atoms with Gasteiger partial charge in [-0.25, -0.2) is 4.79 Å². The Hall–Kier alpha value is -2.05. The Bertz CT molecular complexity index is 632. The van der Waals surface area contributed by atoms with E-state index < -0.39 is 6.10 Å². The van der Waals surface area contributed by atoms with E-state index in [-0.39, 0.29) is 12.6 Å². The van der Waals surface area contributed by atoms with Crippen LogP contribution in [0.25, 0.3) is 0 Å². The van der Waals surface area contributed by atoms with Gasteiger partial charge >= 0.3 is 6.03 Å². The Morgan fingerprint density at radius 1 is 1.23 bits per heavy atom. The summed E-state index contributed by atoms with van der Waals surface area (Å²) < 4.78 is 5.85. The van der Waals surface area contributed by atoms with Gasteiger partial charge in [0, 0.05) is 11.0 Å². The molecule has 0 aliphatic rings. The molecule has 0 saturated carbocycles. The molecule has 2 rings (SSSR count). The van der Waals surface area contributed by atoms with Crippen LogP contribution in [-0.4, -0.2) is 24.8 Å². The largest absolute Gasteiger partial charge is 0.497 e. The molecule has 0 aliphatic heterocycles. The molecule has 5 nitrogen and oxygen atoms in total. The van der Waals surface area contributed by atoms with Crippen LogP contribution >= 0.6 is 15.9 Å². The number of methoxy groups -OCH3 is 1. The van der Waals surface area contributed by atoms with Crippen molar-refractivity contribution in [1.82, 2.24) is 5.32 Å². The molecule has 0 aliphatic carbocycles. The summed E-state index contributed by atoms with van der Waals surface area (Å²) in [4.78, 5) is 11.8. The fraction of sp³-hybridized carbons (Fsp3) is 0.188. The predicted molar refractivity (Wildman–Crippen MR) is 89.1 cm³/mol. The zero-order valence-electron chi connectivity index (χ0n) is 12.0. The Morgan fingerprint density at radius 3 is 2.55 bits per heavy atom. The first kappa shape index (κ1) is 16.3. The third-order valence-electron chi connectivity index (χ3n) is 3.08. The standard InChI is InChI=1S/C16H17BrN2O3/c1-22-12-8-6-11(7-9-12)15(20)10-18-16(21)19-14-5-3-2-4-13(14)17/h2-9,15,20H,10H2,1H3,(H2,18,19,21). The van der Waals surface area contributed by atoms with Gasteiger partial charge in [-0.15, -0.1) is 0 Å². The molecule has 0 radical (unpaired) electrons. The van der Waals surface area contributed by atoms with E-state index in [9.17, 15) is 9.90 Å². The molecule has 22 heavy (non-hydrogen) atoms. The molecule has 2 aromatic rings. The lowest BCUT2D eigenvalue weighted by atomic mass is 10.1. The number of para-hydroxylation sites is 1. The van der Waals surface area contributed by atoms with Crippen LogP contribution in [0.2, 0.25) is 0 Å². The lowest BCUT2D eigenvalue weighted by Crippen LogP contribution is -2.32. The van der Waals surface area contributed by atoms with Crippen molar-refractivity contribution in [3.63, 3.8) is 0 Å². The molecule has 116 valence electrons. The number of benzene rings is 2. The molecule has 3 N–H and O–H groups in total. The van der Waals surface area contributed by atoms with E-state index in [4.69, 9.17) is 4.74 Å². The van der Waals surface area contributed by atoms with Gasteiger partial charge in [-0.05, 0) is 45.8 Å². The van der Waals surface area contributed by atoms with Crippen molar-refractivity contribution in [3.8, 4) is 5.75 Å². The second-order valence-electron chi connectivity index (χ2n) is 4.60. The van der Waals surface area contributed by atoms with Gasteiger partial charge < -0.3 is 20.5 Å². The third kappa shape index (κ3) is 4.47. The number of nitrogens with one attached hydrogen (secondary N) is 2. The average molecular weight is 365 g/mol. The van der Waals surface area contributed by atoms with E-state index in [0.717, 1.165) is 10.2 Å². The van der Waals surface area contributed by atoms with Crippen LogP contribution in [0.15, 0.2) is 53.0 Å². The number of hydrogen-bond donors (Lipinski definition) is 3. The fourth-order valence-corrected chi connectivity index (χ4v) is 2.25. The van der Waals surface area contributed by atoms with Gasteiger partial charge in [0.25, 0.3) is 0 Å². The van der Waals surface area contributed by atoms with Gasteiger partial charge in [-0.3, -0.25) is 0 Å². The number of rotatable bonds is 5. The molecule has 6 heteroatoms. The van der Waals surface area contributed by atoms with Gasteiger partial charge in [0.15, 0.2) is 0 Å². The van der Waals surface area contributed by atoms with Crippen molar-refractivity contribution in [1.29, 1.82) is 0 Å². The minimum atomic E-state index is -0.782. The average Bonchev–Trinajstić information content (AvgIpc) is 2.55. The highest BCUT2D eigenvalue weighted by atomic mass is 79.9. The van der Waals surface area contributed by atoms with Crippen molar-refractivity contribution in [3.05, 3.63) is 58.6 Å². The molecule has 2 aromatic carbocycles. The lowest BCUT2D eigenvalue weighted by Gasteiger charge is -2.14. The van der Waals surface area contributed by atoms with E-state index in [1.54, 1.807) is 37.4 Å². The minimum Gasteiger partial charge on any atom is -0.497 e. The number of hydrogen-bond acceptors (Lipinski definition) is 3. The highest BCUT2D eigenvalue weighted by Gasteiger charge is 2.10. The number of anilines is 1. The Balaban J connectivity index is 1.86. The summed E-state index contributed by atoms with van der Waals surface area (Å²) in [7, 11) is 1.58. The van der Waals surface area contributed by atoms with Gasteiger partial charge in [-0.2, -0.15) is 0 Å². The fourth-order valence-electron chi connectivity index (χ4n) is 1.86. The number of carbonyl (C=O) groups is 1. The molecule has 0 heterocycles. The maximum absolute atomic E-state index is 11.8. The number of amides is 2. The zero-order chi connectivity index (χ0) is 15.9. The molecule has 2 amide bonds. The molecule has 0 fully saturated rings. The molecule has 0 saturated heterocycles. The van der Waals surface area contributed by atoms with Crippen molar-refractivity contribution >= 4 is 27.6 Å². The zero-order valence-corrected chi connectivity index (χ0v) is 13.6. The SMILES string of the molecule is COc1ccc(C(O)CNC(=O)Nc2ccccc2Br)cc1. The Labute approximate surface area is 137 Å². The number of aliphatic hydroxyl groups excluding tert-OH is 1. The quantitative estimate of drug-likeness (QED) is 0.761. The van der Waals surface area contributed by atoms with E-state index in [2.05, 4.69) is 26.6 Å². The lowest BCUT2D eigenvalue weighted by molar-refractivity contribution is 0.175. The first-order valence-electron chi connectivity index (χ1n) is 6.71. The summed E-state index contributed by atoms with van der Waals surface area (Å²) in [6.07, 6.45) is -0.782. The van der Waals surface area contributed by atoms with Gasteiger partial charge in [-0.1, -0.05) is 24.3 Å². The van der Waals surface area contributed by atoms with Crippen LogP contribution in [0.4, 0.5) is 10.5 Å². The van der Waals surface area contributed by atoms with E-state index in [0.29, 0.717) is 11.3 Å². The Kier molecular flexibility index (Phi) is 5.80. The molecule has 0 aromatic heterocycles. The number of ether oxygens (including phenoxy) is 1. The number of urea groups is 1. The van der Waals surface area contributed by atoms with Crippen LogP contribution in [0.5, 0.6) is 5.75 Å². The van der Waals surface area contributed by atoms with E-state index in [1.165, 1.54) is 0 Å². The monoisotopic (exact) mass is 364 g/mol. The summed E-state index contributed by atoms with van der Waals surface area (Å²) >= 11 is 3.35. The van der Waals surface area contributed by atoms with Crippen molar-refractivity contribution < 1.29 is 14.6 Å².